The van der Waals surface area contributed by atoms with Gasteiger partial charge in [-0.2, -0.15) is 4.99 Å². The van der Waals surface area contributed by atoms with Gasteiger partial charge in [-0.3, -0.25) is 4.79 Å². The Kier molecular flexibility index (Phi) is 7.06. The highest BCUT2D eigenvalue weighted by Gasteiger charge is 2.29. The van der Waals surface area contributed by atoms with Crippen molar-refractivity contribution in [1.82, 2.24) is 4.90 Å². The van der Waals surface area contributed by atoms with Crippen LogP contribution >= 0.6 is 23.4 Å². The number of carbonyl (C=O) groups is 1. The topological polar surface area (TPSA) is 45.1 Å². The Morgan fingerprint density at radius 3 is 2.40 bits per heavy atom. The van der Waals surface area contributed by atoms with Crippen molar-refractivity contribution >= 4 is 46.2 Å². The van der Waals surface area contributed by atoms with E-state index in [2.05, 4.69) is 9.89 Å². The predicted octanol–water partition coefficient (Wildman–Crippen LogP) is 5.85. The molecule has 0 radical (unpaired) electrons. The first-order chi connectivity index (χ1) is 17.1. The fourth-order valence-electron chi connectivity index (χ4n) is 3.99. The number of halogens is 2. The number of ether oxygens (including phenoxy) is 1. The first-order valence-corrected chi connectivity index (χ1v) is 12.5. The summed E-state index contributed by atoms with van der Waals surface area (Å²) in [6.07, 6.45) is 1.83. The Balaban J connectivity index is 1.23. The second-order valence-electron chi connectivity index (χ2n) is 8.19. The van der Waals surface area contributed by atoms with Crippen LogP contribution in [0.25, 0.3) is 6.08 Å². The highest BCUT2D eigenvalue weighted by atomic mass is 35.5. The van der Waals surface area contributed by atoms with Gasteiger partial charge in [-0.25, -0.2) is 4.39 Å². The Bertz CT molecular complexity index is 1290. The summed E-state index contributed by atoms with van der Waals surface area (Å²) in [4.78, 5) is 21.6. The number of rotatable bonds is 5. The molecule has 3 aromatic rings. The quantitative estimate of drug-likeness (QED) is 0.405. The predicted molar refractivity (Wildman–Crippen MR) is 140 cm³/mol. The van der Waals surface area contributed by atoms with E-state index >= 15 is 0 Å². The molecule has 2 heterocycles. The monoisotopic (exact) mass is 507 g/mol. The molecule has 0 aromatic heterocycles. The second-order valence-corrected chi connectivity index (χ2v) is 9.63. The minimum absolute atomic E-state index is 0.217. The summed E-state index contributed by atoms with van der Waals surface area (Å²) in [5, 5.41) is 1.37. The van der Waals surface area contributed by atoms with Crippen LogP contribution in [0.2, 0.25) is 5.02 Å². The lowest BCUT2D eigenvalue weighted by molar-refractivity contribution is -0.113. The van der Waals surface area contributed by atoms with Gasteiger partial charge in [0.25, 0.3) is 5.91 Å². The third-order valence-corrected chi connectivity index (χ3v) is 7.16. The molecular weight excluding hydrogens is 485 g/mol. The van der Waals surface area contributed by atoms with Gasteiger partial charge < -0.3 is 14.5 Å². The van der Waals surface area contributed by atoms with Crippen LogP contribution in [0.5, 0.6) is 5.75 Å². The maximum absolute atomic E-state index is 14.1. The zero-order valence-electron chi connectivity index (χ0n) is 18.9. The van der Waals surface area contributed by atoms with Gasteiger partial charge in [0, 0.05) is 36.8 Å². The number of hydrogen-bond donors (Lipinski definition) is 0. The lowest BCUT2D eigenvalue weighted by Crippen LogP contribution is -2.48. The Labute approximate surface area is 212 Å². The van der Waals surface area contributed by atoms with Gasteiger partial charge in [0.2, 0.25) is 0 Å². The lowest BCUT2D eigenvalue weighted by atomic mass is 10.2. The number of para-hydroxylation sites is 2. The molecule has 178 valence electrons. The fourth-order valence-corrected chi connectivity index (χ4v) is 5.08. The van der Waals surface area contributed by atoms with Crippen molar-refractivity contribution in [2.75, 3.05) is 31.1 Å². The van der Waals surface area contributed by atoms with Gasteiger partial charge in [-0.05, 0) is 53.7 Å². The van der Waals surface area contributed by atoms with Crippen LogP contribution in [0.15, 0.2) is 82.7 Å². The lowest BCUT2D eigenvalue weighted by Gasteiger charge is -2.36. The van der Waals surface area contributed by atoms with Crippen molar-refractivity contribution in [2.24, 2.45) is 4.99 Å². The summed E-state index contributed by atoms with van der Waals surface area (Å²) < 4.78 is 20.2. The Morgan fingerprint density at radius 1 is 0.943 bits per heavy atom. The number of nitrogens with zero attached hydrogens (tertiary/aromatic N) is 3. The molecule has 2 aliphatic heterocycles. The van der Waals surface area contributed by atoms with E-state index < -0.39 is 0 Å². The zero-order chi connectivity index (χ0) is 24.2. The largest absolute Gasteiger partial charge is 0.488 e. The molecule has 0 unspecified atom stereocenters. The summed E-state index contributed by atoms with van der Waals surface area (Å²) >= 11 is 7.33. The SMILES string of the molecule is O=C1N=C(N2CCN(c3ccccc3F)CC2)S/C1=C\c1ccccc1OCc1ccc(Cl)cc1. The van der Waals surface area contributed by atoms with Gasteiger partial charge in [0.15, 0.2) is 5.17 Å². The van der Waals surface area contributed by atoms with Crippen molar-refractivity contribution in [2.45, 2.75) is 6.61 Å². The maximum Gasteiger partial charge on any atom is 0.286 e. The number of hydrogen-bond acceptors (Lipinski definition) is 5. The molecule has 1 fully saturated rings. The summed E-state index contributed by atoms with van der Waals surface area (Å²) in [5.41, 5.74) is 2.43. The Morgan fingerprint density at radius 2 is 1.63 bits per heavy atom. The van der Waals surface area contributed by atoms with E-state index in [0.29, 0.717) is 59.3 Å². The second kappa shape index (κ2) is 10.5. The average molecular weight is 508 g/mol. The molecule has 5 rings (SSSR count). The number of amidine groups is 1. The third-order valence-electron chi connectivity index (χ3n) is 5.87. The number of amides is 1. The molecule has 35 heavy (non-hydrogen) atoms. The molecule has 0 saturated carbocycles. The molecule has 2 aliphatic rings. The minimum Gasteiger partial charge on any atom is -0.488 e. The van der Waals surface area contributed by atoms with E-state index in [1.807, 2.05) is 65.6 Å². The van der Waals surface area contributed by atoms with Gasteiger partial charge in [0.1, 0.15) is 18.2 Å². The number of anilines is 1. The first-order valence-electron chi connectivity index (χ1n) is 11.3. The standard InChI is InChI=1S/C27H23ClFN3O2S/c28-21-11-9-19(10-12-21)18-34-24-8-4-1-5-20(24)17-25-26(33)30-27(35-25)32-15-13-31(14-16-32)23-7-3-2-6-22(23)29/h1-12,17H,13-16,18H2/b25-17-. The molecule has 0 N–H and O–H groups in total. The van der Waals surface area contributed by atoms with Crippen molar-refractivity contribution in [3.8, 4) is 5.75 Å². The van der Waals surface area contributed by atoms with E-state index in [-0.39, 0.29) is 11.7 Å². The molecule has 0 aliphatic carbocycles. The molecular formula is C27H23ClFN3O2S. The molecule has 1 saturated heterocycles. The number of carbonyl (C=O) groups excluding carboxylic acids is 1. The van der Waals surface area contributed by atoms with E-state index in [1.165, 1.54) is 17.8 Å². The van der Waals surface area contributed by atoms with Crippen LogP contribution in [0.4, 0.5) is 10.1 Å². The fraction of sp³-hybridized carbons (Fsp3) is 0.185. The summed E-state index contributed by atoms with van der Waals surface area (Å²) in [6.45, 7) is 3.06. The normalized spacial score (nSPS) is 17.1. The average Bonchev–Trinajstić information content (AvgIpc) is 3.25. The number of thioether (sulfide) groups is 1. The first kappa shape index (κ1) is 23.5. The zero-order valence-corrected chi connectivity index (χ0v) is 20.4. The Hall–Kier alpha value is -3.29. The highest BCUT2D eigenvalue weighted by molar-refractivity contribution is 8.18. The van der Waals surface area contributed by atoms with Crippen LogP contribution in [-0.4, -0.2) is 42.2 Å². The van der Waals surface area contributed by atoms with Crippen molar-refractivity contribution in [1.29, 1.82) is 0 Å². The van der Waals surface area contributed by atoms with Crippen molar-refractivity contribution in [3.05, 3.63) is 99.7 Å². The van der Waals surface area contributed by atoms with Crippen LogP contribution in [0, 0.1) is 5.82 Å². The number of benzene rings is 3. The van der Waals surface area contributed by atoms with Gasteiger partial charge in [-0.15, -0.1) is 0 Å². The molecule has 1 amide bonds. The third kappa shape index (κ3) is 5.52. The van der Waals surface area contributed by atoms with Crippen molar-refractivity contribution in [3.63, 3.8) is 0 Å². The van der Waals surface area contributed by atoms with Crippen LogP contribution < -0.4 is 9.64 Å². The van der Waals surface area contributed by atoms with E-state index in [9.17, 15) is 9.18 Å². The van der Waals surface area contributed by atoms with Gasteiger partial charge in [-0.1, -0.05) is 54.1 Å². The minimum atomic E-state index is -0.256. The van der Waals surface area contributed by atoms with Gasteiger partial charge >= 0.3 is 0 Å². The van der Waals surface area contributed by atoms with Crippen molar-refractivity contribution < 1.29 is 13.9 Å². The molecule has 3 aromatic carbocycles. The molecule has 5 nitrogen and oxygen atoms in total. The van der Waals surface area contributed by atoms with Crippen LogP contribution in [-0.2, 0) is 11.4 Å². The molecule has 8 heteroatoms. The molecule has 0 atom stereocenters. The smallest absolute Gasteiger partial charge is 0.286 e. The van der Waals surface area contributed by atoms with Crippen LogP contribution in [0.3, 0.4) is 0 Å². The summed E-state index contributed by atoms with van der Waals surface area (Å²) in [5.74, 6) is 0.218. The highest BCUT2D eigenvalue weighted by Crippen LogP contribution is 2.33. The van der Waals surface area contributed by atoms with E-state index in [0.717, 1.165) is 11.1 Å². The molecule has 0 spiro atoms. The van der Waals surface area contributed by atoms with E-state index in [1.54, 1.807) is 12.1 Å². The number of aliphatic imine (C=N–C) groups is 1. The van der Waals surface area contributed by atoms with Crippen LogP contribution in [0.1, 0.15) is 11.1 Å². The summed E-state index contributed by atoms with van der Waals surface area (Å²) in [7, 11) is 0. The number of piperazine rings is 1. The van der Waals surface area contributed by atoms with E-state index in [4.69, 9.17) is 16.3 Å². The maximum atomic E-state index is 14.1. The van der Waals surface area contributed by atoms with Gasteiger partial charge in [0.05, 0.1) is 10.6 Å². The summed E-state index contributed by atoms with van der Waals surface area (Å²) in [6, 6.07) is 21.9. The molecule has 0 bridgehead atoms.